The maximum atomic E-state index is 4.16. The molecule has 0 bridgehead atoms. The number of tetrazole rings is 1. The quantitative estimate of drug-likeness (QED) is 0.724. The van der Waals surface area contributed by atoms with Crippen molar-refractivity contribution in [2.75, 3.05) is 12.3 Å². The van der Waals surface area contributed by atoms with Crippen LogP contribution in [0.25, 0.3) is 0 Å². The number of nitrogens with one attached hydrogen (secondary N) is 1. The van der Waals surface area contributed by atoms with E-state index in [9.17, 15) is 0 Å². The van der Waals surface area contributed by atoms with Gasteiger partial charge in [0.05, 0.1) is 6.54 Å². The Bertz CT molecular complexity index is 519. The van der Waals surface area contributed by atoms with Gasteiger partial charge in [0.25, 0.3) is 0 Å². The highest BCUT2D eigenvalue weighted by molar-refractivity contribution is 7.99. The second-order valence-electron chi connectivity index (χ2n) is 4.84. The second kappa shape index (κ2) is 7.39. The molecule has 0 saturated heterocycles. The number of thioether (sulfide) groups is 1. The van der Waals surface area contributed by atoms with Crippen LogP contribution in [-0.4, -0.2) is 48.3 Å². The van der Waals surface area contributed by atoms with Crippen LogP contribution in [0.1, 0.15) is 19.5 Å². The van der Waals surface area contributed by atoms with Gasteiger partial charge >= 0.3 is 0 Å². The van der Waals surface area contributed by atoms with Crippen LogP contribution in [0.4, 0.5) is 0 Å². The number of aryl methyl sites for hydroxylation is 2. The molecule has 0 saturated carbocycles. The molecule has 0 aliphatic rings. The third kappa shape index (κ3) is 4.31. The Morgan fingerprint density at radius 3 is 2.95 bits per heavy atom. The average molecular weight is 295 g/mol. The minimum absolute atomic E-state index is 0.479. The highest BCUT2D eigenvalue weighted by Gasteiger charge is 2.07. The second-order valence-corrected chi connectivity index (χ2v) is 5.90. The Hall–Kier alpha value is -1.41. The lowest BCUT2D eigenvalue weighted by molar-refractivity contribution is 0.485. The summed E-state index contributed by atoms with van der Waals surface area (Å²) in [6.07, 6.45) is 2.78. The first-order valence-corrected chi connectivity index (χ1v) is 7.74. The van der Waals surface area contributed by atoms with Gasteiger partial charge < -0.3 is 5.32 Å². The van der Waals surface area contributed by atoms with E-state index >= 15 is 0 Å². The third-order valence-electron chi connectivity index (χ3n) is 2.89. The van der Waals surface area contributed by atoms with E-state index in [1.165, 1.54) is 5.69 Å². The number of rotatable bonds is 8. The Morgan fingerprint density at radius 1 is 1.40 bits per heavy atom. The Balaban J connectivity index is 1.78. The van der Waals surface area contributed by atoms with Gasteiger partial charge in [-0.15, -0.1) is 5.10 Å². The van der Waals surface area contributed by atoms with Crippen molar-refractivity contribution in [1.29, 1.82) is 0 Å². The zero-order chi connectivity index (χ0) is 14.4. The van der Waals surface area contributed by atoms with Crippen LogP contribution in [0.5, 0.6) is 0 Å². The van der Waals surface area contributed by atoms with Crippen molar-refractivity contribution in [3.63, 3.8) is 0 Å². The van der Waals surface area contributed by atoms with Crippen molar-refractivity contribution >= 4 is 11.8 Å². The summed E-state index contributed by atoms with van der Waals surface area (Å²) in [4.78, 5) is 0. The molecule has 8 heteroatoms. The Kier molecular flexibility index (Phi) is 5.54. The summed E-state index contributed by atoms with van der Waals surface area (Å²) < 4.78 is 3.75. The fourth-order valence-corrected chi connectivity index (χ4v) is 2.66. The van der Waals surface area contributed by atoms with Gasteiger partial charge in [-0.05, 0) is 22.9 Å². The van der Waals surface area contributed by atoms with Crippen molar-refractivity contribution < 1.29 is 0 Å². The molecule has 0 aromatic carbocycles. The lowest BCUT2D eigenvalue weighted by Crippen LogP contribution is -2.27. The van der Waals surface area contributed by atoms with E-state index in [-0.39, 0.29) is 0 Å². The molecule has 0 aliphatic carbocycles. The van der Waals surface area contributed by atoms with Crippen molar-refractivity contribution in [3.05, 3.63) is 18.0 Å². The van der Waals surface area contributed by atoms with Gasteiger partial charge in [0.1, 0.15) is 0 Å². The smallest absolute Gasteiger partial charge is 0.209 e. The minimum atomic E-state index is 0.479. The van der Waals surface area contributed by atoms with E-state index < -0.39 is 0 Å². The van der Waals surface area contributed by atoms with Crippen LogP contribution in [0, 0.1) is 0 Å². The normalized spacial score (nSPS) is 11.4. The zero-order valence-corrected chi connectivity index (χ0v) is 13.0. The monoisotopic (exact) mass is 295 g/mol. The van der Waals surface area contributed by atoms with Gasteiger partial charge in [0.2, 0.25) is 5.16 Å². The molecule has 2 aromatic heterocycles. The summed E-state index contributed by atoms with van der Waals surface area (Å²) in [5.74, 6) is 0.942. The molecular formula is C12H21N7S. The third-order valence-corrected chi connectivity index (χ3v) is 3.85. The van der Waals surface area contributed by atoms with E-state index in [1.807, 2.05) is 28.7 Å². The van der Waals surface area contributed by atoms with Gasteiger partial charge in [0, 0.05) is 37.3 Å². The molecular weight excluding hydrogens is 274 g/mol. The summed E-state index contributed by atoms with van der Waals surface area (Å²) >= 11 is 1.68. The van der Waals surface area contributed by atoms with Gasteiger partial charge in [-0.2, -0.15) is 5.10 Å². The lowest BCUT2D eigenvalue weighted by Gasteiger charge is -2.08. The molecule has 2 heterocycles. The van der Waals surface area contributed by atoms with E-state index in [2.05, 4.69) is 39.8 Å². The van der Waals surface area contributed by atoms with Crippen LogP contribution < -0.4 is 5.32 Å². The number of nitrogens with zero attached hydrogens (tertiary/aromatic N) is 6. The molecule has 20 heavy (non-hydrogen) atoms. The predicted octanol–water partition coefficient (Wildman–Crippen LogP) is 0.739. The average Bonchev–Trinajstić information content (AvgIpc) is 3.00. The highest BCUT2D eigenvalue weighted by atomic mass is 32.2. The van der Waals surface area contributed by atoms with E-state index in [0.717, 1.165) is 30.4 Å². The molecule has 2 aromatic rings. The Morgan fingerprint density at radius 2 is 2.25 bits per heavy atom. The van der Waals surface area contributed by atoms with Gasteiger partial charge in [-0.3, -0.25) is 4.68 Å². The molecule has 1 N–H and O–H groups in total. The first-order valence-electron chi connectivity index (χ1n) is 6.76. The molecule has 0 radical (unpaired) electrons. The van der Waals surface area contributed by atoms with Crippen molar-refractivity contribution in [3.8, 4) is 0 Å². The summed E-state index contributed by atoms with van der Waals surface area (Å²) in [6, 6.07) is 2.52. The molecule has 0 aliphatic heterocycles. The molecule has 7 nitrogen and oxygen atoms in total. The molecule has 0 atom stereocenters. The lowest BCUT2D eigenvalue weighted by atomic mass is 10.3. The minimum Gasteiger partial charge on any atom is -0.313 e. The maximum Gasteiger partial charge on any atom is 0.209 e. The largest absolute Gasteiger partial charge is 0.313 e. The van der Waals surface area contributed by atoms with Gasteiger partial charge in [-0.25, -0.2) is 4.68 Å². The number of hydrogen-bond donors (Lipinski definition) is 1. The van der Waals surface area contributed by atoms with Crippen LogP contribution in [0.3, 0.4) is 0 Å². The number of aromatic nitrogens is 6. The standard InChI is InChI=1S/C12H21N7S/c1-10(2)13-7-8-19-12(15-16-17-19)20-9-5-11-4-6-14-18(11)3/h4,6,10,13H,5,7-9H2,1-3H3. The van der Waals surface area contributed by atoms with Crippen molar-refractivity contribution in [2.45, 2.75) is 38.0 Å². The van der Waals surface area contributed by atoms with Crippen molar-refractivity contribution in [2.24, 2.45) is 7.05 Å². The maximum absolute atomic E-state index is 4.16. The summed E-state index contributed by atoms with van der Waals surface area (Å²) in [6.45, 7) is 5.92. The topological polar surface area (TPSA) is 73.5 Å². The van der Waals surface area contributed by atoms with Crippen LogP contribution in [0.15, 0.2) is 17.4 Å². The van der Waals surface area contributed by atoms with Crippen molar-refractivity contribution in [1.82, 2.24) is 35.3 Å². The molecule has 0 unspecified atom stereocenters. The molecule has 0 amide bonds. The van der Waals surface area contributed by atoms with Crippen LogP contribution in [0.2, 0.25) is 0 Å². The first kappa shape index (κ1) is 15.0. The van der Waals surface area contributed by atoms with E-state index in [1.54, 1.807) is 11.8 Å². The molecule has 110 valence electrons. The van der Waals surface area contributed by atoms with E-state index in [0.29, 0.717) is 6.04 Å². The van der Waals surface area contributed by atoms with Crippen LogP contribution in [-0.2, 0) is 20.0 Å². The fourth-order valence-electron chi connectivity index (χ4n) is 1.79. The molecule has 2 rings (SSSR count). The van der Waals surface area contributed by atoms with Gasteiger partial charge in [0.15, 0.2) is 0 Å². The summed E-state index contributed by atoms with van der Waals surface area (Å²) in [7, 11) is 1.96. The molecule has 0 spiro atoms. The first-order chi connectivity index (χ1) is 9.66. The predicted molar refractivity (Wildman–Crippen MR) is 78.6 cm³/mol. The summed E-state index contributed by atoms with van der Waals surface area (Å²) in [5.41, 5.74) is 1.22. The molecule has 0 fully saturated rings. The fraction of sp³-hybridized carbons (Fsp3) is 0.667. The van der Waals surface area contributed by atoms with Gasteiger partial charge in [-0.1, -0.05) is 25.6 Å². The SMILES string of the molecule is CC(C)NCCn1nnnc1SCCc1ccnn1C. The van der Waals surface area contributed by atoms with E-state index in [4.69, 9.17) is 0 Å². The zero-order valence-electron chi connectivity index (χ0n) is 12.2. The number of hydrogen-bond acceptors (Lipinski definition) is 6. The Labute approximate surface area is 123 Å². The summed E-state index contributed by atoms with van der Waals surface area (Å²) in [5, 5.41) is 20.2. The van der Waals surface area contributed by atoms with Crippen LogP contribution >= 0.6 is 11.8 Å². The highest BCUT2D eigenvalue weighted by Crippen LogP contribution is 2.15.